The average Bonchev–Trinajstić information content (AvgIpc) is 3.59. The van der Waals surface area contributed by atoms with E-state index in [2.05, 4.69) is 18.2 Å². The highest BCUT2D eigenvalue weighted by Crippen LogP contribution is 2.56. The second-order valence-corrected chi connectivity index (χ2v) is 8.99. The number of rotatable bonds is 6. The summed E-state index contributed by atoms with van der Waals surface area (Å²) in [5.41, 5.74) is 1.68. The number of hydrogen-bond acceptors (Lipinski definition) is 3. The van der Waals surface area contributed by atoms with E-state index in [-0.39, 0.29) is 5.60 Å². The molecule has 4 fully saturated rings. The van der Waals surface area contributed by atoms with Crippen molar-refractivity contribution in [1.82, 2.24) is 0 Å². The van der Waals surface area contributed by atoms with Gasteiger partial charge in [-0.2, -0.15) is 0 Å². The maximum atomic E-state index is 8.56. The Morgan fingerprint density at radius 2 is 1.63 bits per heavy atom. The van der Waals surface area contributed by atoms with Gasteiger partial charge in [-0.1, -0.05) is 43.2 Å². The minimum Gasteiger partial charge on any atom is -0.457 e. The third kappa shape index (κ3) is 4.96. The van der Waals surface area contributed by atoms with Crippen LogP contribution in [0.25, 0.3) is 0 Å². The van der Waals surface area contributed by atoms with Crippen molar-refractivity contribution in [2.24, 2.45) is 11.3 Å². The predicted molar refractivity (Wildman–Crippen MR) is 114 cm³/mol. The first kappa shape index (κ1) is 20.7. The van der Waals surface area contributed by atoms with Crippen LogP contribution >= 0.6 is 0 Å². The molecule has 2 saturated carbocycles. The highest BCUT2D eigenvalue weighted by Gasteiger charge is 2.50. The van der Waals surface area contributed by atoms with E-state index in [4.69, 9.17) is 24.5 Å². The number of benzene rings is 2. The minimum absolute atomic E-state index is 0.0859. The Balaban J connectivity index is 0.000000503. The summed E-state index contributed by atoms with van der Waals surface area (Å²) >= 11 is 0. The second-order valence-electron chi connectivity index (χ2n) is 8.99. The summed E-state index contributed by atoms with van der Waals surface area (Å²) in [5, 5.41) is 13.9. The van der Waals surface area contributed by atoms with Gasteiger partial charge in [-0.15, -0.1) is 0 Å². The molecule has 0 unspecified atom stereocenters. The van der Waals surface area contributed by atoms with Crippen molar-refractivity contribution >= 4 is 6.16 Å². The van der Waals surface area contributed by atoms with Gasteiger partial charge in [0.15, 0.2) is 0 Å². The number of carbonyl (C=O) groups is 1. The molecule has 0 radical (unpaired) electrons. The summed E-state index contributed by atoms with van der Waals surface area (Å²) in [5.74, 6) is 2.82. The van der Waals surface area contributed by atoms with E-state index >= 15 is 0 Å². The fraction of sp³-hybridized carbons (Fsp3) is 0.480. The van der Waals surface area contributed by atoms with Crippen molar-refractivity contribution in [1.29, 1.82) is 0 Å². The maximum Gasteiger partial charge on any atom is 0.503 e. The molecule has 2 heterocycles. The van der Waals surface area contributed by atoms with E-state index in [0.29, 0.717) is 5.41 Å². The molecule has 30 heavy (non-hydrogen) atoms. The molecule has 6 rings (SSSR count). The van der Waals surface area contributed by atoms with Crippen LogP contribution in [0.3, 0.4) is 0 Å². The largest absolute Gasteiger partial charge is 0.503 e. The summed E-state index contributed by atoms with van der Waals surface area (Å²) in [6.07, 6.45) is 8.87. The summed E-state index contributed by atoms with van der Waals surface area (Å²) in [7, 11) is 0. The molecule has 2 aromatic carbocycles. The van der Waals surface area contributed by atoms with Gasteiger partial charge < -0.3 is 19.7 Å². The van der Waals surface area contributed by atoms with Crippen molar-refractivity contribution in [3.63, 3.8) is 0 Å². The molecule has 2 aliphatic carbocycles. The third-order valence-corrected chi connectivity index (χ3v) is 6.89. The Labute approximate surface area is 177 Å². The van der Waals surface area contributed by atoms with Gasteiger partial charge in [0.2, 0.25) is 0 Å². The molecule has 2 N–H and O–H groups in total. The molecule has 5 nitrogen and oxygen atoms in total. The zero-order valence-corrected chi connectivity index (χ0v) is 17.3. The lowest BCUT2D eigenvalue weighted by molar-refractivity contribution is -0.192. The zero-order chi connectivity index (χ0) is 21.0. The van der Waals surface area contributed by atoms with Gasteiger partial charge in [-0.05, 0) is 79.7 Å². The highest BCUT2D eigenvalue weighted by molar-refractivity contribution is 5.53. The average molecular weight is 411 g/mol. The SMILES string of the molecule is O=C(O)O.c1ccc(Oc2cccc([C@]34CC[C@@](CCC5CC5)(CC3)CO4)c2)cc1. The lowest BCUT2D eigenvalue weighted by atomic mass is 9.62. The first-order chi connectivity index (χ1) is 14.5. The molecule has 4 aliphatic rings. The van der Waals surface area contributed by atoms with Crippen LogP contribution in [0.1, 0.15) is 56.9 Å². The molecular formula is C25H30O5. The molecule has 0 amide bonds. The van der Waals surface area contributed by atoms with E-state index in [9.17, 15) is 0 Å². The zero-order valence-electron chi connectivity index (χ0n) is 17.3. The van der Waals surface area contributed by atoms with Crippen LogP contribution in [-0.2, 0) is 10.3 Å². The van der Waals surface area contributed by atoms with Crippen LogP contribution in [0.2, 0.25) is 0 Å². The van der Waals surface area contributed by atoms with E-state index < -0.39 is 6.16 Å². The quantitative estimate of drug-likeness (QED) is 0.556. The Kier molecular flexibility index (Phi) is 6.00. The maximum absolute atomic E-state index is 8.56. The normalized spacial score (nSPS) is 27.1. The number of carboxylic acid groups (broad SMARTS) is 2. The Hall–Kier alpha value is -2.53. The summed E-state index contributed by atoms with van der Waals surface area (Å²) < 4.78 is 12.6. The minimum atomic E-state index is -1.83. The second kappa shape index (κ2) is 8.68. The van der Waals surface area contributed by atoms with E-state index in [1.54, 1.807) is 0 Å². The molecule has 5 heteroatoms. The summed E-state index contributed by atoms with van der Waals surface area (Å²) in [4.78, 5) is 8.56. The first-order valence-corrected chi connectivity index (χ1v) is 10.9. The van der Waals surface area contributed by atoms with Crippen molar-refractivity contribution in [3.8, 4) is 11.5 Å². The Bertz CT molecular complexity index is 830. The monoisotopic (exact) mass is 410 g/mol. The molecule has 2 saturated heterocycles. The van der Waals surface area contributed by atoms with E-state index in [0.717, 1.165) is 36.9 Å². The van der Waals surface area contributed by atoms with Crippen LogP contribution in [0.4, 0.5) is 4.79 Å². The van der Waals surface area contributed by atoms with Gasteiger partial charge in [-0.25, -0.2) is 4.79 Å². The molecule has 0 atom stereocenters. The van der Waals surface area contributed by atoms with Gasteiger partial charge in [0, 0.05) is 0 Å². The molecule has 0 aromatic heterocycles. The van der Waals surface area contributed by atoms with Crippen molar-refractivity contribution in [2.75, 3.05) is 6.61 Å². The summed E-state index contributed by atoms with van der Waals surface area (Å²) in [6.45, 7) is 0.948. The fourth-order valence-corrected chi connectivity index (χ4v) is 4.84. The van der Waals surface area contributed by atoms with E-state index in [1.165, 1.54) is 44.1 Å². The molecule has 0 spiro atoms. The fourth-order valence-electron chi connectivity index (χ4n) is 4.84. The van der Waals surface area contributed by atoms with Crippen LogP contribution in [0.15, 0.2) is 54.6 Å². The first-order valence-electron chi connectivity index (χ1n) is 10.9. The summed E-state index contributed by atoms with van der Waals surface area (Å²) in [6, 6.07) is 18.6. The van der Waals surface area contributed by atoms with E-state index in [1.807, 2.05) is 36.4 Å². The van der Waals surface area contributed by atoms with Crippen molar-refractivity contribution < 1.29 is 24.5 Å². The Morgan fingerprint density at radius 1 is 0.967 bits per heavy atom. The van der Waals surface area contributed by atoms with Crippen LogP contribution in [-0.4, -0.2) is 23.0 Å². The number of hydrogen-bond donors (Lipinski definition) is 2. The number of ether oxygens (including phenoxy) is 2. The lowest BCUT2D eigenvalue weighted by Crippen LogP contribution is -2.49. The molecule has 160 valence electrons. The van der Waals surface area contributed by atoms with Gasteiger partial charge in [0.25, 0.3) is 0 Å². The molecular weight excluding hydrogens is 380 g/mol. The standard InChI is InChI=1S/C24H28O2.CH2O3/c1-2-6-21(7-3-1)26-22-8-4-5-20(17-22)24-15-13-23(14-16-24,18-25-24)12-11-19-9-10-19;2-1(3)4/h1-8,17,19H,9-16,18H2;(H2,2,3,4)/t23-,24-;. The van der Waals surface area contributed by atoms with Crippen LogP contribution in [0.5, 0.6) is 11.5 Å². The molecule has 2 aromatic rings. The van der Waals surface area contributed by atoms with Crippen molar-refractivity contribution in [2.45, 2.75) is 57.0 Å². The molecule has 2 bridgehead atoms. The predicted octanol–water partition coefficient (Wildman–Crippen LogP) is 6.68. The van der Waals surface area contributed by atoms with Gasteiger partial charge >= 0.3 is 6.16 Å². The van der Waals surface area contributed by atoms with Crippen LogP contribution < -0.4 is 4.74 Å². The Morgan fingerprint density at radius 3 is 2.23 bits per heavy atom. The number of fused-ring (bicyclic) bond motifs is 3. The topological polar surface area (TPSA) is 76.0 Å². The molecule has 2 aliphatic heterocycles. The lowest BCUT2D eigenvalue weighted by Gasteiger charge is -2.53. The number of para-hydroxylation sites is 1. The third-order valence-electron chi connectivity index (χ3n) is 6.89. The van der Waals surface area contributed by atoms with Crippen molar-refractivity contribution in [3.05, 3.63) is 60.2 Å². The van der Waals surface area contributed by atoms with Gasteiger partial charge in [-0.3, -0.25) is 0 Å². The smallest absolute Gasteiger partial charge is 0.457 e. The van der Waals surface area contributed by atoms with Gasteiger partial charge in [0.05, 0.1) is 12.2 Å². The van der Waals surface area contributed by atoms with Crippen LogP contribution in [0, 0.1) is 11.3 Å². The van der Waals surface area contributed by atoms with Gasteiger partial charge in [0.1, 0.15) is 11.5 Å². The highest BCUT2D eigenvalue weighted by atomic mass is 16.6.